The maximum Gasteiger partial charge on any atom is 0.185 e. The van der Waals surface area contributed by atoms with Crippen molar-refractivity contribution in [2.75, 3.05) is 0 Å². The summed E-state index contributed by atoms with van der Waals surface area (Å²) in [5, 5.41) is 0. The molecular formula is C26H32O4. The summed E-state index contributed by atoms with van der Waals surface area (Å²) < 4.78 is 17.5. The summed E-state index contributed by atoms with van der Waals surface area (Å²) in [5.41, 5.74) is 0.664. The Bertz CT molecular complexity index is 923. The molecule has 0 saturated heterocycles. The summed E-state index contributed by atoms with van der Waals surface area (Å²) in [4.78, 5) is 12.6. The van der Waals surface area contributed by atoms with E-state index in [1.54, 1.807) is 43.3 Å². The Hall–Kier alpha value is -3.01. The molecule has 0 spiro atoms. The highest BCUT2D eigenvalue weighted by Gasteiger charge is 2.17. The predicted molar refractivity (Wildman–Crippen MR) is 122 cm³/mol. The molecule has 0 fully saturated rings. The molecule has 0 radical (unpaired) electrons. The van der Waals surface area contributed by atoms with Crippen LogP contribution in [0.2, 0.25) is 0 Å². The van der Waals surface area contributed by atoms with Crippen LogP contribution in [0.5, 0.6) is 17.2 Å². The molecule has 2 aromatic rings. The van der Waals surface area contributed by atoms with Gasteiger partial charge in [0.25, 0.3) is 0 Å². The van der Waals surface area contributed by atoms with Crippen LogP contribution in [0.15, 0.2) is 60.9 Å². The summed E-state index contributed by atoms with van der Waals surface area (Å²) >= 11 is 0. The van der Waals surface area contributed by atoms with Gasteiger partial charge in [-0.05, 0) is 103 Å². The van der Waals surface area contributed by atoms with Gasteiger partial charge >= 0.3 is 0 Å². The molecule has 0 N–H and O–H groups in total. The number of carbonyl (C=O) groups excluding carboxylic acids is 1. The van der Waals surface area contributed by atoms with E-state index in [9.17, 15) is 4.79 Å². The van der Waals surface area contributed by atoms with Gasteiger partial charge < -0.3 is 14.2 Å². The van der Waals surface area contributed by atoms with E-state index in [4.69, 9.17) is 14.2 Å². The molecule has 160 valence electrons. The predicted octanol–water partition coefficient (Wildman–Crippen LogP) is 6.85. The first-order valence-electron chi connectivity index (χ1n) is 10.0. The van der Waals surface area contributed by atoms with E-state index in [0.717, 1.165) is 11.3 Å². The maximum atomic E-state index is 12.6. The average molecular weight is 409 g/mol. The first-order valence-corrected chi connectivity index (χ1v) is 10.0. The molecule has 4 heteroatoms. The highest BCUT2D eigenvalue weighted by Crippen LogP contribution is 2.30. The third-order valence-corrected chi connectivity index (χ3v) is 3.67. The van der Waals surface area contributed by atoms with Crippen LogP contribution in [0.3, 0.4) is 0 Å². The zero-order valence-corrected chi connectivity index (χ0v) is 19.0. The van der Waals surface area contributed by atoms with Gasteiger partial charge in [-0.2, -0.15) is 0 Å². The molecule has 4 nitrogen and oxygen atoms in total. The normalized spacial score (nSPS) is 12.0. The summed E-state index contributed by atoms with van der Waals surface area (Å²) in [6.45, 7) is 17.4. The van der Waals surface area contributed by atoms with Crippen LogP contribution in [-0.4, -0.2) is 17.0 Å². The van der Waals surface area contributed by atoms with Gasteiger partial charge in [0.05, 0.1) is 5.76 Å². The minimum atomic E-state index is -0.363. The van der Waals surface area contributed by atoms with Crippen molar-refractivity contribution in [3.05, 3.63) is 72.0 Å². The fraction of sp³-hybridized carbons (Fsp3) is 0.346. The summed E-state index contributed by atoms with van der Waals surface area (Å²) in [5.74, 6) is 2.55. The minimum absolute atomic E-state index is 0.110. The smallest absolute Gasteiger partial charge is 0.185 e. The largest absolute Gasteiger partial charge is 0.488 e. The Morgan fingerprint density at radius 1 is 0.867 bits per heavy atom. The van der Waals surface area contributed by atoms with Gasteiger partial charge in [0, 0.05) is 11.1 Å². The van der Waals surface area contributed by atoms with E-state index in [1.807, 2.05) is 59.7 Å². The fourth-order valence-electron chi connectivity index (χ4n) is 2.65. The van der Waals surface area contributed by atoms with E-state index < -0.39 is 0 Å². The lowest BCUT2D eigenvalue weighted by molar-refractivity contribution is 0.104. The lowest BCUT2D eigenvalue weighted by atomic mass is 10.1. The van der Waals surface area contributed by atoms with Crippen molar-refractivity contribution in [1.82, 2.24) is 0 Å². The van der Waals surface area contributed by atoms with Crippen molar-refractivity contribution < 1.29 is 19.0 Å². The minimum Gasteiger partial charge on any atom is -0.488 e. The molecule has 2 rings (SSSR count). The maximum absolute atomic E-state index is 12.6. The molecule has 0 aromatic heterocycles. The highest BCUT2D eigenvalue weighted by molar-refractivity contribution is 6.07. The summed E-state index contributed by atoms with van der Waals surface area (Å²) in [6, 6.07) is 12.6. The number of hydrogen-bond donors (Lipinski definition) is 0. The van der Waals surface area contributed by atoms with Gasteiger partial charge in [0.1, 0.15) is 28.5 Å². The van der Waals surface area contributed by atoms with Crippen molar-refractivity contribution in [3.8, 4) is 17.2 Å². The van der Waals surface area contributed by atoms with Gasteiger partial charge in [-0.3, -0.25) is 4.79 Å². The van der Waals surface area contributed by atoms with Crippen LogP contribution in [0.4, 0.5) is 0 Å². The molecule has 0 bridgehead atoms. The molecule has 0 heterocycles. The summed E-state index contributed by atoms with van der Waals surface area (Å²) in [7, 11) is 0. The topological polar surface area (TPSA) is 44.8 Å². The number of carbonyl (C=O) groups is 1. The zero-order chi connectivity index (χ0) is 22.5. The zero-order valence-electron chi connectivity index (χ0n) is 19.0. The van der Waals surface area contributed by atoms with Crippen molar-refractivity contribution in [1.29, 1.82) is 0 Å². The van der Waals surface area contributed by atoms with Crippen molar-refractivity contribution in [3.63, 3.8) is 0 Å². The number of rotatable bonds is 7. The molecule has 0 aliphatic carbocycles. The van der Waals surface area contributed by atoms with E-state index in [1.165, 1.54) is 0 Å². The van der Waals surface area contributed by atoms with Gasteiger partial charge in [-0.15, -0.1) is 0 Å². The molecule has 0 aliphatic rings. The Balaban J connectivity index is 2.28. The fourth-order valence-corrected chi connectivity index (χ4v) is 2.65. The third kappa shape index (κ3) is 7.78. The van der Waals surface area contributed by atoms with Crippen molar-refractivity contribution in [2.45, 2.75) is 59.7 Å². The van der Waals surface area contributed by atoms with Crippen molar-refractivity contribution in [2.24, 2.45) is 0 Å². The van der Waals surface area contributed by atoms with E-state index in [0.29, 0.717) is 22.8 Å². The van der Waals surface area contributed by atoms with Crippen LogP contribution in [0, 0.1) is 0 Å². The monoisotopic (exact) mass is 408 g/mol. The third-order valence-electron chi connectivity index (χ3n) is 3.67. The molecule has 0 amide bonds. The second kappa shape index (κ2) is 9.21. The first kappa shape index (κ1) is 23.3. The van der Waals surface area contributed by atoms with Gasteiger partial charge in [0.2, 0.25) is 0 Å². The molecular weight excluding hydrogens is 376 g/mol. The number of ether oxygens (including phenoxy) is 3. The van der Waals surface area contributed by atoms with E-state index in [-0.39, 0.29) is 17.0 Å². The quantitative estimate of drug-likeness (QED) is 0.285. The Morgan fingerprint density at radius 2 is 1.43 bits per heavy atom. The lowest BCUT2D eigenvalue weighted by Gasteiger charge is -2.25. The van der Waals surface area contributed by atoms with Crippen molar-refractivity contribution >= 4 is 11.9 Å². The van der Waals surface area contributed by atoms with E-state index in [2.05, 4.69) is 6.58 Å². The van der Waals surface area contributed by atoms with Crippen LogP contribution in [-0.2, 0) is 0 Å². The SMILES string of the molecule is C=C(C)Oc1ccc(C(=O)/C=C/c2cc(OC(C)(C)C)ccc2OC(C)(C)C)cc1. The second-order valence-corrected chi connectivity index (χ2v) is 9.15. The van der Waals surface area contributed by atoms with E-state index >= 15 is 0 Å². The number of ketones is 1. The van der Waals surface area contributed by atoms with Crippen LogP contribution in [0.1, 0.15) is 64.4 Å². The number of benzene rings is 2. The van der Waals surface area contributed by atoms with Gasteiger partial charge in [0.15, 0.2) is 5.78 Å². The molecule has 30 heavy (non-hydrogen) atoms. The molecule has 0 unspecified atom stereocenters. The van der Waals surface area contributed by atoms with Gasteiger partial charge in [-0.25, -0.2) is 0 Å². The average Bonchev–Trinajstić information content (AvgIpc) is 2.59. The first-order chi connectivity index (χ1) is 13.8. The Morgan fingerprint density at radius 3 is 1.97 bits per heavy atom. The molecule has 2 aromatic carbocycles. The summed E-state index contributed by atoms with van der Waals surface area (Å²) in [6.07, 6.45) is 3.30. The number of hydrogen-bond acceptors (Lipinski definition) is 4. The molecule has 0 atom stereocenters. The van der Waals surface area contributed by atoms with Crippen LogP contribution < -0.4 is 14.2 Å². The van der Waals surface area contributed by atoms with Gasteiger partial charge in [-0.1, -0.05) is 6.58 Å². The number of allylic oxidation sites excluding steroid dienone is 2. The highest BCUT2D eigenvalue weighted by atomic mass is 16.5. The lowest BCUT2D eigenvalue weighted by Crippen LogP contribution is -2.24. The Labute approximate surface area is 180 Å². The van der Waals surface area contributed by atoms with Crippen LogP contribution in [0.25, 0.3) is 6.08 Å². The Kier molecular flexibility index (Phi) is 7.14. The molecule has 0 aliphatic heterocycles. The van der Waals surface area contributed by atoms with Crippen LogP contribution >= 0.6 is 0 Å². The second-order valence-electron chi connectivity index (χ2n) is 9.15. The molecule has 0 saturated carbocycles. The standard InChI is InChI=1S/C26H32O4/c1-18(2)28-21-12-9-19(10-13-21)23(27)15-11-20-17-22(29-25(3,4)5)14-16-24(20)30-26(6,7)8/h9-17H,1H2,2-8H3/b15-11+.